The Bertz CT molecular complexity index is 20.4. The molecule has 1 aliphatic rings. The quantitative estimate of drug-likeness (QED) is 0.393. The van der Waals surface area contributed by atoms with E-state index < -0.39 is 0 Å². The van der Waals surface area contributed by atoms with Crippen molar-refractivity contribution in [3.8, 4) is 0 Å². The lowest BCUT2D eigenvalue weighted by atomic mass is 10.5. The second-order valence-electron chi connectivity index (χ2n) is 0.998. The first-order chi connectivity index (χ1) is 2.50. The summed E-state index contributed by atoms with van der Waals surface area (Å²) in [6, 6.07) is 0. The van der Waals surface area contributed by atoms with E-state index in [4.69, 9.17) is 0 Å². The molecule has 0 aliphatic carbocycles. The van der Waals surface area contributed by atoms with Crippen molar-refractivity contribution in [3.63, 3.8) is 0 Å². The summed E-state index contributed by atoms with van der Waals surface area (Å²) in [5.41, 5.74) is 0. The highest BCUT2D eigenvalue weighted by Gasteiger charge is 1.95. The predicted molar refractivity (Wildman–Crippen MR) is 18.6 cm³/mol. The molecule has 0 saturated carbocycles. The van der Waals surface area contributed by atoms with E-state index in [1.54, 1.807) is 0 Å². The monoisotopic (exact) mass is 76.1 g/mol. The fourth-order valence-electron chi connectivity index (χ4n) is 0.295. The summed E-state index contributed by atoms with van der Waals surface area (Å²) >= 11 is 0. The summed E-state index contributed by atoms with van der Waals surface area (Å²) in [5, 5.41) is 0. The fraction of sp³-hybridized carbons (Fsp3) is 1.00. The van der Waals surface area contributed by atoms with Gasteiger partial charge in [0.15, 0.2) is 0 Å². The van der Waals surface area contributed by atoms with Crippen molar-refractivity contribution < 1.29 is 11.2 Å². The van der Waals surface area contributed by atoms with Gasteiger partial charge in [0.1, 0.15) is 0 Å². The molecule has 5 heavy (non-hydrogen) atoms. The van der Waals surface area contributed by atoms with E-state index in [-0.39, 0.29) is 1.43 Å². The first kappa shape index (κ1) is 3.12. The summed E-state index contributed by atoms with van der Waals surface area (Å²) in [6.45, 7) is 1.56. The maximum Gasteiger partial charge on any atom is 0.0845 e. The third kappa shape index (κ3) is 0.597. The number of hydrogen-bond donors (Lipinski definition) is 0. The molecule has 1 fully saturated rings. The van der Waals surface area contributed by atoms with Crippen LogP contribution in [0.5, 0.6) is 0 Å². The Labute approximate surface area is 32.1 Å². The van der Waals surface area contributed by atoms with Gasteiger partial charge in [-0.15, -0.1) is 0 Å². The van der Waals surface area contributed by atoms with Gasteiger partial charge in [-0.2, -0.15) is 0 Å². The van der Waals surface area contributed by atoms with E-state index in [1.165, 1.54) is 0 Å². The molecule has 2 nitrogen and oxygen atoms in total. The van der Waals surface area contributed by atoms with E-state index in [1.807, 2.05) is 0 Å². The second kappa shape index (κ2) is 1.38. The van der Waals surface area contributed by atoms with Gasteiger partial charge in [0, 0.05) is 7.85 Å². The maximum atomic E-state index is 4.44. The Morgan fingerprint density at radius 1 is 1.20 bits per heavy atom. The first-order valence-electron chi connectivity index (χ1n) is 1.74. The molecule has 0 N–H and O–H groups in total. The molecule has 1 rings (SSSR count). The van der Waals surface area contributed by atoms with Crippen LogP contribution in [0.3, 0.4) is 0 Å². The Balaban J connectivity index is 0.000000250. The zero-order valence-corrected chi connectivity index (χ0v) is 2.94. The summed E-state index contributed by atoms with van der Waals surface area (Å²) in [5.74, 6) is 0. The van der Waals surface area contributed by atoms with Crippen molar-refractivity contribution in [3.05, 3.63) is 0 Å². The van der Waals surface area contributed by atoms with E-state index in [0.29, 0.717) is 0 Å². The normalized spacial score (nSPS) is 24.0. The number of rotatable bonds is 0. The van der Waals surface area contributed by atoms with E-state index in [9.17, 15) is 0 Å². The van der Waals surface area contributed by atoms with Gasteiger partial charge in [-0.25, -0.2) is 9.78 Å². The molecule has 1 aliphatic heterocycles. The Kier molecular flexibility index (Phi) is 0.862. The van der Waals surface area contributed by atoms with Crippen molar-refractivity contribution in [2.45, 2.75) is 6.42 Å². The van der Waals surface area contributed by atoms with Crippen LogP contribution in [0.1, 0.15) is 7.85 Å². The van der Waals surface area contributed by atoms with Crippen LogP contribution in [0.4, 0.5) is 0 Å². The van der Waals surface area contributed by atoms with E-state index in [2.05, 4.69) is 9.78 Å². The maximum absolute atomic E-state index is 4.44. The average Bonchev–Trinajstić information content (AvgIpc) is 1.76. The van der Waals surface area contributed by atoms with Gasteiger partial charge in [-0.3, -0.25) is 0 Å². The SMILES string of the molecule is C1COOC1.[HH]. The van der Waals surface area contributed by atoms with Crippen LogP contribution in [0.2, 0.25) is 0 Å². The molecule has 0 bridgehead atoms. The smallest absolute Gasteiger partial charge is 0.0845 e. The van der Waals surface area contributed by atoms with Crippen molar-refractivity contribution in [2.24, 2.45) is 0 Å². The van der Waals surface area contributed by atoms with Crippen LogP contribution < -0.4 is 0 Å². The molecule has 0 aromatic heterocycles. The van der Waals surface area contributed by atoms with E-state index in [0.717, 1.165) is 19.6 Å². The highest BCUT2D eigenvalue weighted by molar-refractivity contribution is 4.31. The zero-order chi connectivity index (χ0) is 3.54. The molecule has 0 atom stereocenters. The van der Waals surface area contributed by atoms with Gasteiger partial charge >= 0.3 is 0 Å². The van der Waals surface area contributed by atoms with Crippen LogP contribution in [0.15, 0.2) is 0 Å². The number of hydrogen-bond acceptors (Lipinski definition) is 2. The third-order valence-corrected chi connectivity index (χ3v) is 0.539. The lowest BCUT2D eigenvalue weighted by Crippen LogP contribution is -1.72. The van der Waals surface area contributed by atoms with Gasteiger partial charge in [-0.1, -0.05) is 0 Å². The van der Waals surface area contributed by atoms with Crippen LogP contribution in [-0.4, -0.2) is 13.2 Å². The highest BCUT2D eigenvalue weighted by Crippen LogP contribution is 1.93. The van der Waals surface area contributed by atoms with Crippen LogP contribution in [0.25, 0.3) is 0 Å². The van der Waals surface area contributed by atoms with Gasteiger partial charge in [0.25, 0.3) is 0 Å². The lowest BCUT2D eigenvalue weighted by molar-refractivity contribution is -0.248. The van der Waals surface area contributed by atoms with Crippen molar-refractivity contribution >= 4 is 0 Å². The minimum Gasteiger partial charge on any atom is -0.237 e. The van der Waals surface area contributed by atoms with Gasteiger partial charge in [-0.05, 0) is 0 Å². The van der Waals surface area contributed by atoms with Crippen molar-refractivity contribution in [1.29, 1.82) is 0 Å². The average molecular weight is 76.1 g/mol. The summed E-state index contributed by atoms with van der Waals surface area (Å²) in [4.78, 5) is 8.89. The summed E-state index contributed by atoms with van der Waals surface area (Å²) in [7, 11) is 0. The van der Waals surface area contributed by atoms with Crippen molar-refractivity contribution in [1.82, 2.24) is 0 Å². The molecular weight excluding hydrogens is 68.0 g/mol. The minimum atomic E-state index is 0. The molecule has 0 aromatic carbocycles. The van der Waals surface area contributed by atoms with Gasteiger partial charge in [0.05, 0.1) is 13.2 Å². The second-order valence-corrected chi connectivity index (χ2v) is 0.998. The summed E-state index contributed by atoms with van der Waals surface area (Å²) < 4.78 is 0. The molecule has 0 aromatic rings. The molecule has 2 heteroatoms. The first-order valence-corrected chi connectivity index (χ1v) is 1.74. The Hall–Kier alpha value is -0.0800. The topological polar surface area (TPSA) is 18.5 Å². The Morgan fingerprint density at radius 3 is 2.00 bits per heavy atom. The Morgan fingerprint density at radius 2 is 1.80 bits per heavy atom. The standard InChI is InChI=1S/C3H6O2.H2/c1-2-4-5-3-1;/h1-3H2;1H. The molecule has 1 saturated heterocycles. The molecule has 32 valence electrons. The minimum absolute atomic E-state index is 0. The van der Waals surface area contributed by atoms with Gasteiger partial charge in [0.2, 0.25) is 0 Å². The third-order valence-electron chi connectivity index (χ3n) is 0.539. The van der Waals surface area contributed by atoms with Gasteiger partial charge < -0.3 is 0 Å². The van der Waals surface area contributed by atoms with Crippen LogP contribution >= 0.6 is 0 Å². The molecule has 0 amide bonds. The molecule has 0 radical (unpaired) electrons. The lowest BCUT2D eigenvalue weighted by Gasteiger charge is -1.77. The fourth-order valence-corrected chi connectivity index (χ4v) is 0.295. The largest absolute Gasteiger partial charge is 0.237 e. The molecular formula is C3H8O2. The predicted octanol–water partition coefficient (Wildman–Crippen LogP) is 0.584. The summed E-state index contributed by atoms with van der Waals surface area (Å²) in [6.07, 6.45) is 1.06. The zero-order valence-electron chi connectivity index (χ0n) is 2.94. The van der Waals surface area contributed by atoms with E-state index >= 15 is 0 Å². The van der Waals surface area contributed by atoms with Crippen molar-refractivity contribution in [2.75, 3.05) is 13.2 Å². The van der Waals surface area contributed by atoms with Crippen LogP contribution in [0, 0.1) is 0 Å². The highest BCUT2D eigenvalue weighted by atomic mass is 17.2. The van der Waals surface area contributed by atoms with Crippen LogP contribution in [-0.2, 0) is 9.78 Å². The molecule has 1 heterocycles. The molecule has 0 unspecified atom stereocenters. The molecule has 0 spiro atoms.